The smallest absolute Gasteiger partial charge is 0.330 e. The zero-order valence-corrected chi connectivity index (χ0v) is 13.7. The van der Waals surface area contributed by atoms with Crippen molar-refractivity contribution in [2.24, 2.45) is 5.92 Å². The molecule has 0 fully saturated rings. The minimum atomic E-state index is -0.353. The van der Waals surface area contributed by atoms with Crippen LogP contribution in [-0.2, 0) is 28.5 Å². The Morgan fingerprint density at radius 2 is 1.35 bits per heavy atom. The van der Waals surface area contributed by atoms with Gasteiger partial charge in [0.1, 0.15) is 13.2 Å². The summed E-state index contributed by atoms with van der Waals surface area (Å²) < 4.78 is 20.5. The number of ether oxygens (including phenoxy) is 4. The fourth-order valence-electron chi connectivity index (χ4n) is 1.90. The first kappa shape index (κ1) is 19.4. The number of carbonyl (C=O) groups excluding carboxylic acids is 2. The van der Waals surface area contributed by atoms with E-state index < -0.39 is 0 Å². The Labute approximate surface area is 137 Å². The van der Waals surface area contributed by atoms with Crippen LogP contribution >= 0.6 is 0 Å². The van der Waals surface area contributed by atoms with Crippen molar-refractivity contribution in [3.05, 3.63) is 24.3 Å². The van der Waals surface area contributed by atoms with Crippen molar-refractivity contribution >= 4 is 11.9 Å². The number of carbonyl (C=O) groups is 2. The molecule has 6 heteroatoms. The van der Waals surface area contributed by atoms with Gasteiger partial charge in [0.15, 0.2) is 0 Å². The molecule has 1 atom stereocenters. The Morgan fingerprint density at radius 1 is 0.826 bits per heavy atom. The molecular formula is C17H26O6. The normalized spacial score (nSPS) is 23.8. The fourth-order valence-corrected chi connectivity index (χ4v) is 1.90. The topological polar surface area (TPSA) is 71.1 Å². The van der Waals surface area contributed by atoms with Crippen LogP contribution in [0.4, 0.5) is 0 Å². The summed E-state index contributed by atoms with van der Waals surface area (Å²) >= 11 is 0. The van der Waals surface area contributed by atoms with Gasteiger partial charge in [0, 0.05) is 12.2 Å². The molecule has 0 aromatic heterocycles. The third-order valence-corrected chi connectivity index (χ3v) is 3.19. The zero-order chi connectivity index (χ0) is 16.8. The number of hydrogen-bond donors (Lipinski definition) is 0. The number of allylic oxidation sites excluding steroid dienone is 2. The molecule has 0 saturated carbocycles. The van der Waals surface area contributed by atoms with E-state index in [1.165, 1.54) is 12.2 Å². The Kier molecular flexibility index (Phi) is 10.8. The highest BCUT2D eigenvalue weighted by Gasteiger charge is 2.02. The molecule has 0 aliphatic carbocycles. The van der Waals surface area contributed by atoms with Crippen molar-refractivity contribution < 1.29 is 28.5 Å². The van der Waals surface area contributed by atoms with Gasteiger partial charge in [-0.2, -0.15) is 0 Å². The standard InChI is InChI=1S/C17H26O6/c1-15-5-2-3-7-16(18)22-13-11-20-9-10-21-12-14-23-17(19)8-4-6-15/h3-4,7-8,15H,2,5-6,9-14H2,1H3. The predicted octanol–water partition coefficient (Wildman–Crippen LogP) is 2.04. The van der Waals surface area contributed by atoms with E-state index in [0.29, 0.717) is 32.3 Å². The van der Waals surface area contributed by atoms with Crippen molar-refractivity contribution in [3.63, 3.8) is 0 Å². The summed E-state index contributed by atoms with van der Waals surface area (Å²) in [4.78, 5) is 22.9. The van der Waals surface area contributed by atoms with E-state index in [1.54, 1.807) is 0 Å². The summed E-state index contributed by atoms with van der Waals surface area (Å²) in [7, 11) is 0. The second kappa shape index (κ2) is 12.8. The lowest BCUT2D eigenvalue weighted by atomic mass is 10.0. The number of rotatable bonds is 0. The molecule has 0 N–H and O–H groups in total. The van der Waals surface area contributed by atoms with E-state index in [-0.39, 0.29) is 25.2 Å². The molecule has 1 aliphatic heterocycles. The maximum absolute atomic E-state index is 11.5. The Hall–Kier alpha value is -1.66. The van der Waals surface area contributed by atoms with Gasteiger partial charge in [-0.3, -0.25) is 0 Å². The quantitative estimate of drug-likeness (QED) is 0.634. The van der Waals surface area contributed by atoms with Crippen LogP contribution in [0.5, 0.6) is 0 Å². The molecule has 0 bridgehead atoms. The number of esters is 2. The van der Waals surface area contributed by atoms with Crippen LogP contribution < -0.4 is 0 Å². The summed E-state index contributed by atoms with van der Waals surface area (Å²) in [5, 5.41) is 0. The van der Waals surface area contributed by atoms with Crippen LogP contribution in [0.2, 0.25) is 0 Å². The lowest BCUT2D eigenvalue weighted by Gasteiger charge is -2.08. The fraction of sp³-hybridized carbons (Fsp3) is 0.647. The average molecular weight is 326 g/mol. The molecule has 0 aromatic rings. The van der Waals surface area contributed by atoms with Gasteiger partial charge in [-0.05, 0) is 25.2 Å². The summed E-state index contributed by atoms with van der Waals surface area (Å²) in [6.45, 7) is 4.01. The second-order valence-corrected chi connectivity index (χ2v) is 5.28. The highest BCUT2D eigenvalue weighted by molar-refractivity contribution is 5.82. The van der Waals surface area contributed by atoms with Gasteiger partial charge >= 0.3 is 11.9 Å². The largest absolute Gasteiger partial charge is 0.460 e. The van der Waals surface area contributed by atoms with Crippen molar-refractivity contribution in [2.45, 2.75) is 26.2 Å². The molecule has 1 rings (SSSR count). The Morgan fingerprint density at radius 3 is 1.96 bits per heavy atom. The molecule has 1 heterocycles. The average Bonchev–Trinajstić information content (AvgIpc) is 2.52. The third-order valence-electron chi connectivity index (χ3n) is 3.19. The van der Waals surface area contributed by atoms with Crippen molar-refractivity contribution in [2.75, 3.05) is 39.6 Å². The maximum Gasteiger partial charge on any atom is 0.330 e. The van der Waals surface area contributed by atoms with E-state index in [2.05, 4.69) is 6.92 Å². The van der Waals surface area contributed by atoms with E-state index in [4.69, 9.17) is 18.9 Å². The molecule has 1 unspecified atom stereocenters. The summed E-state index contributed by atoms with van der Waals surface area (Å²) in [6, 6.07) is 0. The van der Waals surface area contributed by atoms with E-state index >= 15 is 0 Å². The minimum absolute atomic E-state index is 0.223. The molecule has 1 aliphatic rings. The SMILES string of the molecule is CC1CC=CC(=O)OCCOCCOCCOC(=O)C=CCC1. The third kappa shape index (κ3) is 11.5. The molecule has 23 heavy (non-hydrogen) atoms. The zero-order valence-electron chi connectivity index (χ0n) is 13.7. The van der Waals surface area contributed by atoms with Gasteiger partial charge in [0.2, 0.25) is 0 Å². The molecular weight excluding hydrogens is 300 g/mol. The van der Waals surface area contributed by atoms with Gasteiger partial charge in [0.05, 0.1) is 26.4 Å². The summed E-state index contributed by atoms with van der Waals surface area (Å²) in [5.41, 5.74) is 0. The van der Waals surface area contributed by atoms with Gasteiger partial charge in [-0.25, -0.2) is 9.59 Å². The first-order valence-electron chi connectivity index (χ1n) is 8.00. The van der Waals surface area contributed by atoms with Gasteiger partial charge in [-0.1, -0.05) is 19.1 Å². The van der Waals surface area contributed by atoms with Gasteiger partial charge < -0.3 is 18.9 Å². The Balaban J connectivity index is 2.39. The monoisotopic (exact) mass is 326 g/mol. The molecule has 0 saturated heterocycles. The molecule has 0 radical (unpaired) electrons. The lowest BCUT2D eigenvalue weighted by Crippen LogP contribution is -2.14. The lowest BCUT2D eigenvalue weighted by molar-refractivity contribution is -0.141. The van der Waals surface area contributed by atoms with Gasteiger partial charge in [0.25, 0.3) is 0 Å². The van der Waals surface area contributed by atoms with Crippen LogP contribution in [0.3, 0.4) is 0 Å². The summed E-state index contributed by atoms with van der Waals surface area (Å²) in [6.07, 6.45) is 9.04. The Bertz CT molecular complexity index is 402. The highest BCUT2D eigenvalue weighted by Crippen LogP contribution is 2.11. The summed E-state index contributed by atoms with van der Waals surface area (Å²) in [5.74, 6) is -0.286. The van der Waals surface area contributed by atoms with E-state index in [0.717, 1.165) is 19.3 Å². The van der Waals surface area contributed by atoms with Crippen LogP contribution in [0, 0.1) is 5.92 Å². The highest BCUT2D eigenvalue weighted by atomic mass is 16.6. The van der Waals surface area contributed by atoms with E-state index in [9.17, 15) is 9.59 Å². The predicted molar refractivity (Wildman–Crippen MR) is 84.9 cm³/mol. The maximum atomic E-state index is 11.5. The van der Waals surface area contributed by atoms with Crippen molar-refractivity contribution in [1.82, 2.24) is 0 Å². The first-order chi connectivity index (χ1) is 11.2. The molecule has 0 amide bonds. The molecule has 6 nitrogen and oxygen atoms in total. The van der Waals surface area contributed by atoms with Crippen LogP contribution in [0.25, 0.3) is 0 Å². The van der Waals surface area contributed by atoms with Crippen LogP contribution in [-0.4, -0.2) is 51.6 Å². The molecule has 130 valence electrons. The molecule has 0 spiro atoms. The van der Waals surface area contributed by atoms with Crippen LogP contribution in [0.1, 0.15) is 26.2 Å². The minimum Gasteiger partial charge on any atom is -0.460 e. The second-order valence-electron chi connectivity index (χ2n) is 5.28. The van der Waals surface area contributed by atoms with Crippen molar-refractivity contribution in [3.8, 4) is 0 Å². The van der Waals surface area contributed by atoms with Crippen molar-refractivity contribution in [1.29, 1.82) is 0 Å². The molecule has 0 aromatic carbocycles. The van der Waals surface area contributed by atoms with Gasteiger partial charge in [-0.15, -0.1) is 0 Å². The first-order valence-corrected chi connectivity index (χ1v) is 8.00. The number of cyclic esters (lactones) is 2. The van der Waals surface area contributed by atoms with Crippen LogP contribution in [0.15, 0.2) is 24.3 Å². The van der Waals surface area contributed by atoms with E-state index in [1.807, 2.05) is 12.2 Å². The number of hydrogen-bond acceptors (Lipinski definition) is 6.